The quantitative estimate of drug-likeness (QED) is 0.490. The zero-order valence-corrected chi connectivity index (χ0v) is 23.3. The number of fused-ring (bicyclic) bond motifs is 1. The molecule has 1 heterocycles. The Labute approximate surface area is 230 Å². The zero-order valence-electron chi connectivity index (χ0n) is 22.5. The van der Waals surface area contributed by atoms with Gasteiger partial charge < -0.3 is 9.80 Å². The van der Waals surface area contributed by atoms with Crippen LogP contribution in [0.1, 0.15) is 34.2 Å². The van der Waals surface area contributed by atoms with Crippen molar-refractivity contribution >= 4 is 27.4 Å². The van der Waals surface area contributed by atoms with Crippen molar-refractivity contribution in [1.82, 2.24) is 9.62 Å². The highest BCUT2D eigenvalue weighted by molar-refractivity contribution is 7.89. The number of hydrogen-bond acceptors (Lipinski definition) is 5. The lowest BCUT2D eigenvalue weighted by Crippen LogP contribution is -2.55. The van der Waals surface area contributed by atoms with Gasteiger partial charge in [-0.2, -0.15) is 4.72 Å². The number of anilines is 1. The van der Waals surface area contributed by atoms with E-state index < -0.39 is 16.1 Å². The Kier molecular flexibility index (Phi) is 7.86. The second-order valence-electron chi connectivity index (χ2n) is 10.6. The minimum Gasteiger partial charge on any atom is -0.368 e. The van der Waals surface area contributed by atoms with Crippen molar-refractivity contribution in [3.05, 3.63) is 94.5 Å². The molecule has 0 radical (unpaired) electrons. The first kappa shape index (κ1) is 27.1. The van der Waals surface area contributed by atoms with Gasteiger partial charge in [0.05, 0.1) is 4.90 Å². The van der Waals surface area contributed by atoms with Gasteiger partial charge in [-0.25, -0.2) is 8.42 Å². The lowest BCUT2D eigenvalue weighted by molar-refractivity contribution is -0.133. The van der Waals surface area contributed by atoms with E-state index in [0.29, 0.717) is 45.4 Å². The normalized spacial score (nSPS) is 16.6. The fourth-order valence-electron chi connectivity index (χ4n) is 5.48. The molecule has 1 aliphatic carbocycles. The molecule has 1 unspecified atom stereocenters. The van der Waals surface area contributed by atoms with Crippen molar-refractivity contribution in [2.75, 3.05) is 31.1 Å². The summed E-state index contributed by atoms with van der Waals surface area (Å²) in [5, 5.41) is 0. The van der Waals surface area contributed by atoms with Crippen molar-refractivity contribution < 1.29 is 18.0 Å². The highest BCUT2D eigenvalue weighted by Crippen LogP contribution is 2.25. The van der Waals surface area contributed by atoms with Gasteiger partial charge in [0.2, 0.25) is 15.9 Å². The molecule has 2 aliphatic rings. The van der Waals surface area contributed by atoms with Crippen LogP contribution in [-0.4, -0.2) is 57.2 Å². The summed E-state index contributed by atoms with van der Waals surface area (Å²) in [6, 6.07) is 19.9. The molecular weight excluding hydrogens is 510 g/mol. The van der Waals surface area contributed by atoms with Gasteiger partial charge in [0.1, 0.15) is 11.8 Å². The number of aryl methyl sites for hydroxylation is 3. The zero-order chi connectivity index (χ0) is 27.6. The molecule has 1 saturated heterocycles. The van der Waals surface area contributed by atoms with E-state index in [4.69, 9.17) is 0 Å². The standard InChI is InChI=1S/C31H35N3O4S/c1-22-8-9-23(2)30(18-22)33-14-16-34(17-15-33)31(36)29(19-24-6-4-3-5-7-24)32-39(37,38)28-13-11-25-20-27(35)12-10-26(25)21-28/h3-9,11,13,18,21,29,32H,10,12,14-17,19-20H2,1-2H3. The highest BCUT2D eigenvalue weighted by atomic mass is 32.2. The van der Waals surface area contributed by atoms with Crippen LogP contribution in [0.25, 0.3) is 0 Å². The fourth-order valence-corrected chi connectivity index (χ4v) is 6.72. The largest absolute Gasteiger partial charge is 0.368 e. The summed E-state index contributed by atoms with van der Waals surface area (Å²) < 4.78 is 29.8. The number of nitrogens with one attached hydrogen (secondary N) is 1. The molecule has 1 amide bonds. The molecule has 1 atom stereocenters. The van der Waals surface area contributed by atoms with E-state index in [-0.39, 0.29) is 23.0 Å². The Morgan fingerprint density at radius 2 is 1.64 bits per heavy atom. The minimum absolute atomic E-state index is 0.126. The Hall–Kier alpha value is -3.49. The van der Waals surface area contributed by atoms with Gasteiger partial charge in [-0.1, -0.05) is 48.5 Å². The molecule has 0 saturated carbocycles. The molecule has 0 aromatic heterocycles. The number of ketones is 1. The fraction of sp³-hybridized carbons (Fsp3) is 0.355. The third kappa shape index (κ3) is 6.23. The molecule has 1 aliphatic heterocycles. The van der Waals surface area contributed by atoms with Crippen LogP contribution in [-0.2, 0) is 38.9 Å². The number of rotatable bonds is 7. The topological polar surface area (TPSA) is 86.8 Å². The first-order valence-corrected chi connectivity index (χ1v) is 15.0. The monoisotopic (exact) mass is 545 g/mol. The van der Waals surface area contributed by atoms with Gasteiger partial charge in [0, 0.05) is 44.7 Å². The number of carbonyl (C=O) groups is 2. The molecule has 8 heteroatoms. The van der Waals surface area contributed by atoms with E-state index in [2.05, 4.69) is 41.7 Å². The molecule has 204 valence electrons. The SMILES string of the molecule is Cc1ccc(C)c(N2CCN(C(=O)C(Cc3ccccc3)NS(=O)(=O)c3ccc4c(c3)CCC(=O)C4)CC2)c1. The average Bonchev–Trinajstić information content (AvgIpc) is 2.94. The maximum atomic E-state index is 13.8. The van der Waals surface area contributed by atoms with Gasteiger partial charge in [-0.3, -0.25) is 9.59 Å². The van der Waals surface area contributed by atoms with Crippen LogP contribution < -0.4 is 9.62 Å². The van der Waals surface area contributed by atoms with Crippen LogP contribution in [0.5, 0.6) is 0 Å². The van der Waals surface area contributed by atoms with Crippen LogP contribution in [0.4, 0.5) is 5.69 Å². The summed E-state index contributed by atoms with van der Waals surface area (Å²) in [6.07, 6.45) is 1.56. The number of sulfonamides is 1. The lowest BCUT2D eigenvalue weighted by Gasteiger charge is -2.38. The van der Waals surface area contributed by atoms with Gasteiger partial charge in [0.25, 0.3) is 0 Å². The number of hydrogen-bond donors (Lipinski definition) is 1. The number of carbonyl (C=O) groups excluding carboxylic acids is 2. The molecule has 1 fully saturated rings. The molecule has 39 heavy (non-hydrogen) atoms. The van der Waals surface area contributed by atoms with Crippen LogP contribution in [0.2, 0.25) is 0 Å². The van der Waals surface area contributed by atoms with Gasteiger partial charge in [-0.15, -0.1) is 0 Å². The van der Waals surface area contributed by atoms with E-state index in [1.54, 1.807) is 17.0 Å². The van der Waals surface area contributed by atoms with Crippen LogP contribution in [0.3, 0.4) is 0 Å². The maximum Gasteiger partial charge on any atom is 0.241 e. The first-order chi connectivity index (χ1) is 18.7. The van der Waals surface area contributed by atoms with E-state index in [0.717, 1.165) is 16.7 Å². The number of nitrogens with zero attached hydrogens (tertiary/aromatic N) is 2. The highest BCUT2D eigenvalue weighted by Gasteiger charge is 2.32. The third-order valence-corrected chi connectivity index (χ3v) is 9.19. The van der Waals surface area contributed by atoms with Crippen molar-refractivity contribution in [2.24, 2.45) is 0 Å². The Balaban J connectivity index is 1.34. The van der Waals surface area contributed by atoms with Crippen molar-refractivity contribution in [2.45, 2.75) is 50.5 Å². The lowest BCUT2D eigenvalue weighted by atomic mass is 9.91. The summed E-state index contributed by atoms with van der Waals surface area (Å²) in [6.45, 7) is 6.58. The van der Waals surface area contributed by atoms with Crippen LogP contribution in [0.15, 0.2) is 71.6 Å². The summed E-state index contributed by atoms with van der Waals surface area (Å²) >= 11 is 0. The molecule has 3 aromatic carbocycles. The summed E-state index contributed by atoms with van der Waals surface area (Å²) in [5.74, 6) is -0.0472. The van der Waals surface area contributed by atoms with E-state index in [1.165, 1.54) is 22.9 Å². The molecular formula is C31H35N3O4S. The second kappa shape index (κ2) is 11.3. The van der Waals surface area contributed by atoms with E-state index in [9.17, 15) is 18.0 Å². The average molecular weight is 546 g/mol. The molecule has 1 N–H and O–H groups in total. The van der Waals surface area contributed by atoms with Crippen molar-refractivity contribution in [1.29, 1.82) is 0 Å². The summed E-state index contributed by atoms with van der Waals surface area (Å²) in [4.78, 5) is 29.8. The number of benzene rings is 3. The van der Waals surface area contributed by atoms with Crippen LogP contribution in [0, 0.1) is 13.8 Å². The smallest absolute Gasteiger partial charge is 0.241 e. The maximum absolute atomic E-state index is 13.8. The van der Waals surface area contributed by atoms with E-state index >= 15 is 0 Å². The second-order valence-corrected chi connectivity index (χ2v) is 12.3. The molecule has 7 nitrogen and oxygen atoms in total. The van der Waals surface area contributed by atoms with Crippen molar-refractivity contribution in [3.8, 4) is 0 Å². The Bertz CT molecular complexity index is 1480. The van der Waals surface area contributed by atoms with Gasteiger partial charge >= 0.3 is 0 Å². The molecule has 0 spiro atoms. The van der Waals surface area contributed by atoms with Gasteiger partial charge in [-0.05, 0) is 72.7 Å². The van der Waals surface area contributed by atoms with Gasteiger partial charge in [0.15, 0.2) is 0 Å². The van der Waals surface area contributed by atoms with E-state index in [1.807, 2.05) is 30.3 Å². The minimum atomic E-state index is -3.97. The summed E-state index contributed by atoms with van der Waals surface area (Å²) in [7, 11) is -3.97. The first-order valence-electron chi connectivity index (χ1n) is 13.5. The summed E-state index contributed by atoms with van der Waals surface area (Å²) in [5.41, 5.74) is 6.22. The Morgan fingerprint density at radius 3 is 2.38 bits per heavy atom. The van der Waals surface area contributed by atoms with Crippen molar-refractivity contribution in [3.63, 3.8) is 0 Å². The molecule has 5 rings (SSSR count). The third-order valence-electron chi connectivity index (χ3n) is 7.72. The molecule has 0 bridgehead atoms. The predicted octanol–water partition coefficient (Wildman–Crippen LogP) is 3.60. The molecule has 3 aromatic rings. The number of Topliss-reactive ketones (excluding diaryl/α,β-unsaturated/α-hetero) is 1. The number of piperazine rings is 1. The van der Waals surface area contributed by atoms with Crippen LogP contribution >= 0.6 is 0 Å². The Morgan fingerprint density at radius 1 is 0.897 bits per heavy atom. The number of amides is 1. The predicted molar refractivity (Wildman–Crippen MR) is 152 cm³/mol.